The minimum Gasteiger partial charge on any atom is -0.493 e. The average Bonchev–Trinajstić information content (AvgIpc) is 2.47. The molecule has 0 radical (unpaired) electrons. The molecule has 0 atom stereocenters. The first-order chi connectivity index (χ1) is 10.5. The lowest BCUT2D eigenvalue weighted by atomic mass is 10.2. The van der Waals surface area contributed by atoms with E-state index in [0.717, 1.165) is 5.56 Å². The summed E-state index contributed by atoms with van der Waals surface area (Å²) in [5.41, 5.74) is 1.35. The lowest BCUT2D eigenvalue weighted by molar-refractivity contribution is 0.284. The third-order valence-corrected chi connectivity index (χ3v) is 3.71. The van der Waals surface area contributed by atoms with E-state index in [2.05, 4.69) is 5.16 Å². The van der Waals surface area contributed by atoms with Crippen LogP contribution in [-0.2, 0) is 6.61 Å². The van der Waals surface area contributed by atoms with Crippen LogP contribution in [0.4, 0.5) is 0 Å². The number of halogens is 3. The second-order valence-corrected chi connectivity index (χ2v) is 5.55. The van der Waals surface area contributed by atoms with Gasteiger partial charge in [0.15, 0.2) is 11.5 Å². The van der Waals surface area contributed by atoms with Gasteiger partial charge in [-0.05, 0) is 24.3 Å². The number of benzene rings is 2. The highest BCUT2D eigenvalue weighted by atomic mass is 35.5. The van der Waals surface area contributed by atoms with Crippen LogP contribution in [0.5, 0.6) is 11.5 Å². The summed E-state index contributed by atoms with van der Waals surface area (Å²) < 4.78 is 11.0. The molecule has 0 saturated carbocycles. The standard InChI is InChI=1S/C15H12Cl3NO3/c1-21-14-5-9(7-19-20)4-13(18)15(14)22-8-10-2-3-11(16)6-12(10)17/h2-7,20H,8H2,1H3. The third kappa shape index (κ3) is 3.97. The summed E-state index contributed by atoms with van der Waals surface area (Å²) in [6.07, 6.45) is 1.24. The number of rotatable bonds is 5. The fraction of sp³-hybridized carbons (Fsp3) is 0.133. The van der Waals surface area contributed by atoms with E-state index in [-0.39, 0.29) is 6.61 Å². The maximum atomic E-state index is 8.58. The van der Waals surface area contributed by atoms with Crippen molar-refractivity contribution < 1.29 is 14.7 Å². The van der Waals surface area contributed by atoms with Gasteiger partial charge in [0.2, 0.25) is 0 Å². The first-order valence-electron chi connectivity index (χ1n) is 6.17. The zero-order chi connectivity index (χ0) is 16.1. The molecule has 0 spiro atoms. The Morgan fingerprint density at radius 3 is 2.55 bits per heavy atom. The Kier molecular flexibility index (Phi) is 5.77. The van der Waals surface area contributed by atoms with E-state index in [9.17, 15) is 0 Å². The highest BCUT2D eigenvalue weighted by molar-refractivity contribution is 6.35. The molecule has 0 aliphatic heterocycles. The SMILES string of the molecule is COc1cc(C=NO)cc(Cl)c1OCc1ccc(Cl)cc1Cl. The zero-order valence-corrected chi connectivity index (χ0v) is 13.8. The number of hydrogen-bond donors (Lipinski definition) is 1. The molecule has 4 nitrogen and oxygen atoms in total. The zero-order valence-electron chi connectivity index (χ0n) is 11.5. The molecule has 22 heavy (non-hydrogen) atoms. The van der Waals surface area contributed by atoms with Gasteiger partial charge in [-0.3, -0.25) is 0 Å². The average molecular weight is 361 g/mol. The van der Waals surface area contributed by atoms with Gasteiger partial charge in [0.05, 0.1) is 18.3 Å². The molecule has 0 unspecified atom stereocenters. The van der Waals surface area contributed by atoms with Gasteiger partial charge in [-0.1, -0.05) is 46.0 Å². The first kappa shape index (κ1) is 16.7. The first-order valence-corrected chi connectivity index (χ1v) is 7.30. The van der Waals surface area contributed by atoms with Gasteiger partial charge in [-0.25, -0.2) is 0 Å². The maximum Gasteiger partial charge on any atom is 0.180 e. The van der Waals surface area contributed by atoms with Gasteiger partial charge in [-0.15, -0.1) is 0 Å². The molecule has 0 heterocycles. The predicted molar refractivity (Wildman–Crippen MR) is 88.2 cm³/mol. The Morgan fingerprint density at radius 1 is 1.14 bits per heavy atom. The Hall–Kier alpha value is -1.62. The molecule has 2 aromatic rings. The second-order valence-electron chi connectivity index (χ2n) is 4.30. The topological polar surface area (TPSA) is 51.0 Å². The van der Waals surface area contributed by atoms with Crippen molar-refractivity contribution in [2.75, 3.05) is 7.11 Å². The van der Waals surface area contributed by atoms with Crippen LogP contribution in [0.15, 0.2) is 35.5 Å². The Morgan fingerprint density at radius 2 is 1.91 bits per heavy atom. The lowest BCUT2D eigenvalue weighted by Crippen LogP contribution is -2.00. The predicted octanol–water partition coefficient (Wildman–Crippen LogP) is 5.04. The van der Waals surface area contributed by atoms with Gasteiger partial charge in [-0.2, -0.15) is 0 Å². The maximum absolute atomic E-state index is 8.58. The summed E-state index contributed by atoms with van der Waals surface area (Å²) in [7, 11) is 1.49. The Labute approximate surface area is 142 Å². The van der Waals surface area contributed by atoms with E-state index < -0.39 is 0 Å². The fourth-order valence-electron chi connectivity index (χ4n) is 1.81. The fourth-order valence-corrected chi connectivity index (χ4v) is 2.55. The summed E-state index contributed by atoms with van der Waals surface area (Å²) in [5, 5.41) is 12.9. The molecule has 0 bridgehead atoms. The van der Waals surface area contributed by atoms with Crippen molar-refractivity contribution in [2.45, 2.75) is 6.61 Å². The second kappa shape index (κ2) is 7.58. The molecule has 116 valence electrons. The van der Waals surface area contributed by atoms with Gasteiger partial charge >= 0.3 is 0 Å². The number of hydrogen-bond acceptors (Lipinski definition) is 4. The third-order valence-electron chi connectivity index (χ3n) is 2.85. The summed E-state index contributed by atoms with van der Waals surface area (Å²) in [4.78, 5) is 0. The summed E-state index contributed by atoms with van der Waals surface area (Å²) in [6.45, 7) is 0.208. The molecule has 2 rings (SSSR count). The largest absolute Gasteiger partial charge is 0.493 e. The van der Waals surface area contributed by atoms with Gasteiger partial charge < -0.3 is 14.7 Å². The molecular weight excluding hydrogens is 349 g/mol. The van der Waals surface area contributed by atoms with Crippen molar-refractivity contribution in [3.63, 3.8) is 0 Å². The van der Waals surface area contributed by atoms with Crippen LogP contribution in [0.1, 0.15) is 11.1 Å². The van der Waals surface area contributed by atoms with E-state index in [1.165, 1.54) is 13.3 Å². The molecular formula is C15H12Cl3NO3. The minimum atomic E-state index is 0.208. The number of ether oxygens (including phenoxy) is 2. The molecule has 0 aromatic heterocycles. The molecule has 0 aliphatic rings. The van der Waals surface area contributed by atoms with E-state index >= 15 is 0 Å². The molecule has 0 fully saturated rings. The van der Waals surface area contributed by atoms with Crippen LogP contribution in [-0.4, -0.2) is 18.5 Å². The van der Waals surface area contributed by atoms with Crippen molar-refractivity contribution in [3.8, 4) is 11.5 Å². The van der Waals surface area contributed by atoms with Crippen molar-refractivity contribution in [1.29, 1.82) is 0 Å². The molecule has 7 heteroatoms. The van der Waals surface area contributed by atoms with Crippen molar-refractivity contribution in [3.05, 3.63) is 56.5 Å². The van der Waals surface area contributed by atoms with Crippen LogP contribution in [0.2, 0.25) is 15.1 Å². The van der Waals surface area contributed by atoms with Crippen LogP contribution >= 0.6 is 34.8 Å². The highest BCUT2D eigenvalue weighted by Gasteiger charge is 2.13. The monoisotopic (exact) mass is 359 g/mol. The van der Waals surface area contributed by atoms with Crippen molar-refractivity contribution in [2.24, 2.45) is 5.16 Å². The lowest BCUT2D eigenvalue weighted by Gasteiger charge is -2.14. The highest BCUT2D eigenvalue weighted by Crippen LogP contribution is 2.37. The van der Waals surface area contributed by atoms with Crippen molar-refractivity contribution >= 4 is 41.0 Å². The normalized spacial score (nSPS) is 10.9. The Balaban J connectivity index is 2.25. The molecule has 0 aliphatic carbocycles. The van der Waals surface area contributed by atoms with E-state index in [1.54, 1.807) is 30.3 Å². The summed E-state index contributed by atoms with van der Waals surface area (Å²) in [6, 6.07) is 8.39. The molecule has 0 amide bonds. The molecule has 1 N–H and O–H groups in total. The number of nitrogens with zero attached hydrogens (tertiary/aromatic N) is 1. The quantitative estimate of drug-likeness (QED) is 0.461. The Bertz CT molecular complexity index is 705. The van der Waals surface area contributed by atoms with E-state index in [4.69, 9.17) is 49.5 Å². The molecule has 0 saturated heterocycles. The van der Waals surface area contributed by atoms with Crippen LogP contribution in [0, 0.1) is 0 Å². The van der Waals surface area contributed by atoms with Crippen molar-refractivity contribution in [1.82, 2.24) is 0 Å². The minimum absolute atomic E-state index is 0.208. The number of oxime groups is 1. The van der Waals surface area contributed by atoms with E-state index in [0.29, 0.717) is 32.1 Å². The van der Waals surface area contributed by atoms with Gasteiger partial charge in [0.1, 0.15) is 6.61 Å². The summed E-state index contributed by atoms with van der Waals surface area (Å²) >= 11 is 18.1. The van der Waals surface area contributed by atoms with Gasteiger partial charge in [0, 0.05) is 21.2 Å². The molecule has 2 aromatic carbocycles. The van der Waals surface area contributed by atoms with Crippen LogP contribution in [0.3, 0.4) is 0 Å². The van der Waals surface area contributed by atoms with E-state index in [1.807, 2.05) is 0 Å². The van der Waals surface area contributed by atoms with Crippen LogP contribution < -0.4 is 9.47 Å². The smallest absolute Gasteiger partial charge is 0.180 e. The van der Waals surface area contributed by atoms with Crippen LogP contribution in [0.25, 0.3) is 0 Å². The number of methoxy groups -OCH3 is 1. The summed E-state index contributed by atoms with van der Waals surface area (Å²) in [5.74, 6) is 0.803. The van der Waals surface area contributed by atoms with Gasteiger partial charge in [0.25, 0.3) is 0 Å².